The van der Waals surface area contributed by atoms with Crippen molar-refractivity contribution in [1.82, 2.24) is 15.3 Å². The van der Waals surface area contributed by atoms with Gasteiger partial charge in [-0.3, -0.25) is 14.6 Å². The second-order valence-corrected chi connectivity index (χ2v) is 8.41. The lowest BCUT2D eigenvalue weighted by Gasteiger charge is -2.09. The SMILES string of the molecule is CNC(=O)c1cc(Oc2ccc(NC(=O)c3nc(S(C)=O)oc3-c3ccc(F)cc3)cc2)ccn1. The minimum Gasteiger partial charge on any atom is -0.457 e. The highest BCUT2D eigenvalue weighted by molar-refractivity contribution is 7.84. The maximum absolute atomic E-state index is 13.3. The Balaban J connectivity index is 1.51. The Bertz CT molecular complexity index is 1400. The lowest BCUT2D eigenvalue weighted by Crippen LogP contribution is -2.18. The van der Waals surface area contributed by atoms with E-state index in [4.69, 9.17) is 9.15 Å². The highest BCUT2D eigenvalue weighted by atomic mass is 32.2. The molecule has 178 valence electrons. The first-order valence-corrected chi connectivity index (χ1v) is 11.8. The van der Waals surface area contributed by atoms with Crippen molar-refractivity contribution in [2.75, 3.05) is 18.6 Å². The predicted molar refractivity (Wildman–Crippen MR) is 126 cm³/mol. The fourth-order valence-corrected chi connectivity index (χ4v) is 3.45. The van der Waals surface area contributed by atoms with Crippen LogP contribution in [0.5, 0.6) is 11.5 Å². The van der Waals surface area contributed by atoms with Gasteiger partial charge in [0.2, 0.25) is 0 Å². The molecule has 11 heteroatoms. The van der Waals surface area contributed by atoms with Gasteiger partial charge >= 0.3 is 0 Å². The molecule has 2 heterocycles. The van der Waals surface area contributed by atoms with E-state index in [0.717, 1.165) is 0 Å². The van der Waals surface area contributed by atoms with Gasteiger partial charge in [0.15, 0.2) is 11.5 Å². The van der Waals surface area contributed by atoms with Crippen LogP contribution < -0.4 is 15.4 Å². The quantitative estimate of drug-likeness (QED) is 0.398. The van der Waals surface area contributed by atoms with Gasteiger partial charge in [-0.2, -0.15) is 4.98 Å². The molecule has 0 radical (unpaired) electrons. The molecule has 0 aliphatic heterocycles. The van der Waals surface area contributed by atoms with Gasteiger partial charge in [-0.1, -0.05) is 0 Å². The van der Waals surface area contributed by atoms with Crippen LogP contribution in [0.3, 0.4) is 0 Å². The number of benzene rings is 2. The number of nitrogens with one attached hydrogen (secondary N) is 2. The Morgan fingerprint density at radius 2 is 1.71 bits per heavy atom. The normalized spacial score (nSPS) is 11.5. The van der Waals surface area contributed by atoms with Gasteiger partial charge in [-0.05, 0) is 54.6 Å². The van der Waals surface area contributed by atoms with E-state index in [9.17, 15) is 18.2 Å². The van der Waals surface area contributed by atoms with Crippen molar-refractivity contribution in [3.8, 4) is 22.8 Å². The summed E-state index contributed by atoms with van der Waals surface area (Å²) in [7, 11) is -0.0569. The number of hydrogen-bond donors (Lipinski definition) is 2. The van der Waals surface area contributed by atoms with Crippen molar-refractivity contribution in [1.29, 1.82) is 0 Å². The van der Waals surface area contributed by atoms with E-state index in [-0.39, 0.29) is 28.3 Å². The number of carbonyl (C=O) groups excluding carboxylic acids is 2. The summed E-state index contributed by atoms with van der Waals surface area (Å²) >= 11 is 0. The molecule has 0 bridgehead atoms. The molecule has 4 rings (SSSR count). The molecule has 0 aliphatic carbocycles. The van der Waals surface area contributed by atoms with Gasteiger partial charge in [-0.15, -0.1) is 0 Å². The van der Waals surface area contributed by atoms with Crippen LogP contribution in [0.4, 0.5) is 10.1 Å². The zero-order valence-corrected chi connectivity index (χ0v) is 19.4. The van der Waals surface area contributed by atoms with Crippen LogP contribution in [-0.4, -0.2) is 39.3 Å². The zero-order valence-electron chi connectivity index (χ0n) is 18.6. The second-order valence-electron chi connectivity index (χ2n) is 7.15. The van der Waals surface area contributed by atoms with E-state index in [1.165, 1.54) is 49.8 Å². The third-order valence-electron chi connectivity index (χ3n) is 4.71. The van der Waals surface area contributed by atoms with Gasteiger partial charge in [0.05, 0.1) is 0 Å². The number of rotatable bonds is 7. The van der Waals surface area contributed by atoms with Crippen LogP contribution in [0.2, 0.25) is 0 Å². The molecule has 2 aromatic carbocycles. The molecule has 2 amide bonds. The number of ether oxygens (including phenoxy) is 1. The Kier molecular flexibility index (Phi) is 6.97. The van der Waals surface area contributed by atoms with E-state index in [1.807, 2.05) is 0 Å². The molecule has 1 unspecified atom stereocenters. The number of aromatic nitrogens is 2. The van der Waals surface area contributed by atoms with Gasteiger partial charge < -0.3 is 19.8 Å². The first kappa shape index (κ1) is 23.8. The standard InChI is InChI=1S/C24H19FN4O5S/c1-26-22(30)19-13-18(11-12-27-19)33-17-9-7-16(8-10-17)28-23(31)20-21(34-24(29-20)35(2)32)14-3-5-15(25)6-4-14/h3-13H,1-2H3,(H,26,30)(H,28,31). The molecule has 0 saturated heterocycles. The topological polar surface area (TPSA) is 123 Å². The van der Waals surface area contributed by atoms with Gasteiger partial charge in [0, 0.05) is 36.8 Å². The van der Waals surface area contributed by atoms with Crippen LogP contribution in [0.15, 0.2) is 76.5 Å². The Hall–Kier alpha value is -4.38. The fourth-order valence-electron chi connectivity index (χ4n) is 3.03. The molecule has 4 aromatic rings. The number of halogens is 1. The Morgan fingerprint density at radius 3 is 2.37 bits per heavy atom. The molecule has 0 spiro atoms. The summed E-state index contributed by atoms with van der Waals surface area (Å²) in [6.45, 7) is 0. The highest BCUT2D eigenvalue weighted by Crippen LogP contribution is 2.28. The average Bonchev–Trinajstić information content (AvgIpc) is 3.31. The molecule has 1 atom stereocenters. The van der Waals surface area contributed by atoms with Gasteiger partial charge in [0.25, 0.3) is 17.0 Å². The molecule has 2 N–H and O–H groups in total. The Morgan fingerprint density at radius 1 is 1.00 bits per heavy atom. The smallest absolute Gasteiger partial charge is 0.287 e. The predicted octanol–water partition coefficient (Wildman–Crippen LogP) is 4.02. The monoisotopic (exact) mass is 494 g/mol. The van der Waals surface area contributed by atoms with Crippen molar-refractivity contribution < 1.29 is 27.3 Å². The summed E-state index contributed by atoms with van der Waals surface area (Å²) < 4.78 is 36.5. The van der Waals surface area contributed by atoms with E-state index in [2.05, 4.69) is 20.6 Å². The zero-order chi connectivity index (χ0) is 24.9. The van der Waals surface area contributed by atoms with Crippen LogP contribution >= 0.6 is 0 Å². The van der Waals surface area contributed by atoms with E-state index in [1.54, 1.807) is 30.3 Å². The van der Waals surface area contributed by atoms with Crippen LogP contribution in [0, 0.1) is 5.82 Å². The number of oxazole rings is 1. The minimum atomic E-state index is -1.57. The summed E-state index contributed by atoms with van der Waals surface area (Å²) in [5.74, 6) is -0.412. The third kappa shape index (κ3) is 5.58. The summed E-state index contributed by atoms with van der Waals surface area (Å²) in [6, 6.07) is 14.9. The van der Waals surface area contributed by atoms with Crippen LogP contribution in [-0.2, 0) is 10.8 Å². The molecule has 0 fully saturated rings. The number of carbonyl (C=O) groups is 2. The van der Waals surface area contributed by atoms with Crippen molar-refractivity contribution >= 4 is 28.3 Å². The minimum absolute atomic E-state index is 0.0808. The fraction of sp³-hybridized carbons (Fsp3) is 0.0833. The first-order valence-electron chi connectivity index (χ1n) is 10.2. The number of nitrogens with zero attached hydrogens (tertiary/aromatic N) is 2. The van der Waals surface area contributed by atoms with Crippen LogP contribution in [0.25, 0.3) is 11.3 Å². The first-order chi connectivity index (χ1) is 16.8. The number of pyridine rings is 1. The van der Waals surface area contributed by atoms with Crippen molar-refractivity contribution in [2.24, 2.45) is 0 Å². The van der Waals surface area contributed by atoms with Crippen molar-refractivity contribution in [3.05, 3.63) is 84.1 Å². The number of anilines is 1. The largest absolute Gasteiger partial charge is 0.457 e. The second kappa shape index (κ2) is 10.3. The summed E-state index contributed by atoms with van der Waals surface area (Å²) in [5.41, 5.74) is 0.986. The molecular formula is C24H19FN4O5S. The maximum Gasteiger partial charge on any atom is 0.287 e. The summed E-state index contributed by atoms with van der Waals surface area (Å²) in [6.07, 6.45) is 2.84. The lowest BCUT2D eigenvalue weighted by molar-refractivity contribution is 0.0957. The molecule has 0 saturated carbocycles. The Labute approximate surface area is 201 Å². The summed E-state index contributed by atoms with van der Waals surface area (Å²) in [5, 5.41) is 5.08. The van der Waals surface area contributed by atoms with E-state index in [0.29, 0.717) is 22.7 Å². The molecule has 9 nitrogen and oxygen atoms in total. The van der Waals surface area contributed by atoms with E-state index >= 15 is 0 Å². The van der Waals surface area contributed by atoms with Gasteiger partial charge in [-0.25, -0.2) is 8.60 Å². The highest BCUT2D eigenvalue weighted by Gasteiger charge is 2.23. The van der Waals surface area contributed by atoms with E-state index < -0.39 is 22.5 Å². The number of amides is 2. The molecule has 2 aromatic heterocycles. The average molecular weight is 495 g/mol. The maximum atomic E-state index is 13.3. The molecular weight excluding hydrogens is 475 g/mol. The summed E-state index contributed by atoms with van der Waals surface area (Å²) in [4.78, 5) is 32.7. The molecule has 35 heavy (non-hydrogen) atoms. The third-order valence-corrected chi connectivity index (χ3v) is 5.38. The molecule has 0 aliphatic rings. The lowest BCUT2D eigenvalue weighted by atomic mass is 10.1. The van der Waals surface area contributed by atoms with Crippen molar-refractivity contribution in [2.45, 2.75) is 5.22 Å². The van der Waals surface area contributed by atoms with Crippen LogP contribution in [0.1, 0.15) is 21.0 Å². The van der Waals surface area contributed by atoms with Gasteiger partial charge in [0.1, 0.15) is 33.8 Å². The number of hydrogen-bond acceptors (Lipinski definition) is 7. The van der Waals surface area contributed by atoms with Crippen molar-refractivity contribution in [3.63, 3.8) is 0 Å².